The van der Waals surface area contributed by atoms with E-state index >= 15 is 0 Å². The first-order valence-electron chi connectivity index (χ1n) is 7.70. The molecular weight excluding hydrogens is 278 g/mol. The molecule has 2 aromatic rings. The quantitative estimate of drug-likeness (QED) is 0.811. The van der Waals surface area contributed by atoms with Crippen LogP contribution in [0, 0.1) is 0 Å². The summed E-state index contributed by atoms with van der Waals surface area (Å²) in [5.41, 5.74) is 6.10. The maximum atomic E-state index is 10.2. The van der Waals surface area contributed by atoms with E-state index in [4.69, 9.17) is 9.47 Å². The Hall–Kier alpha value is -2.20. The third kappa shape index (κ3) is 1.50. The molecule has 4 heteroatoms. The lowest BCUT2D eigenvalue weighted by Gasteiger charge is -2.40. The second-order valence-electron chi connectivity index (χ2n) is 6.35. The molecule has 1 unspecified atom stereocenters. The van der Waals surface area contributed by atoms with Crippen LogP contribution in [0.3, 0.4) is 0 Å². The summed E-state index contributed by atoms with van der Waals surface area (Å²) >= 11 is 0. The number of rotatable bonds is 0. The molecule has 0 bridgehead atoms. The van der Waals surface area contributed by atoms with Gasteiger partial charge in [-0.15, -0.1) is 0 Å². The molecule has 3 aliphatic rings. The van der Waals surface area contributed by atoms with Gasteiger partial charge in [-0.3, -0.25) is 4.90 Å². The Morgan fingerprint density at radius 1 is 1.18 bits per heavy atom. The van der Waals surface area contributed by atoms with Crippen LogP contribution in [0.5, 0.6) is 17.2 Å². The molecule has 1 N–H and O–H groups in total. The van der Waals surface area contributed by atoms with Gasteiger partial charge < -0.3 is 14.6 Å². The Morgan fingerprint density at radius 3 is 3.00 bits per heavy atom. The van der Waals surface area contributed by atoms with Crippen molar-refractivity contribution in [2.75, 3.05) is 20.4 Å². The highest BCUT2D eigenvalue weighted by Crippen LogP contribution is 2.52. The normalized spacial score (nSPS) is 21.4. The molecule has 1 aliphatic carbocycles. The summed E-state index contributed by atoms with van der Waals surface area (Å²) in [6.45, 7) is 1.30. The number of phenols is 1. The summed E-state index contributed by atoms with van der Waals surface area (Å²) in [5, 5.41) is 10.2. The van der Waals surface area contributed by atoms with Crippen molar-refractivity contribution < 1.29 is 14.6 Å². The highest BCUT2D eigenvalue weighted by atomic mass is 16.7. The van der Waals surface area contributed by atoms with Crippen LogP contribution in [0.25, 0.3) is 11.1 Å². The van der Waals surface area contributed by atoms with Gasteiger partial charge in [0.05, 0.1) is 0 Å². The van der Waals surface area contributed by atoms with E-state index in [0.717, 1.165) is 42.0 Å². The van der Waals surface area contributed by atoms with Crippen molar-refractivity contribution in [3.63, 3.8) is 0 Å². The summed E-state index contributed by atoms with van der Waals surface area (Å²) in [7, 11) is 2.18. The van der Waals surface area contributed by atoms with E-state index in [2.05, 4.69) is 18.0 Å². The van der Waals surface area contributed by atoms with E-state index in [9.17, 15) is 5.11 Å². The van der Waals surface area contributed by atoms with Gasteiger partial charge in [-0.2, -0.15) is 0 Å². The maximum Gasteiger partial charge on any atom is 0.231 e. The van der Waals surface area contributed by atoms with Crippen molar-refractivity contribution in [3.05, 3.63) is 41.0 Å². The smallest absolute Gasteiger partial charge is 0.231 e. The third-order valence-corrected chi connectivity index (χ3v) is 5.16. The fraction of sp³-hybridized carbons (Fsp3) is 0.333. The zero-order chi connectivity index (χ0) is 14.8. The van der Waals surface area contributed by atoms with Crippen LogP contribution in [0.4, 0.5) is 0 Å². The Balaban J connectivity index is 1.85. The van der Waals surface area contributed by atoms with Crippen molar-refractivity contribution in [1.82, 2.24) is 4.90 Å². The molecule has 1 atom stereocenters. The van der Waals surface area contributed by atoms with E-state index in [1.54, 1.807) is 0 Å². The fourth-order valence-corrected chi connectivity index (χ4v) is 4.12. The number of nitrogens with zero attached hydrogens (tertiary/aromatic N) is 1. The fourth-order valence-electron chi connectivity index (χ4n) is 4.12. The molecule has 0 fully saturated rings. The van der Waals surface area contributed by atoms with E-state index < -0.39 is 0 Å². The largest absolute Gasteiger partial charge is 0.508 e. The molecule has 0 spiro atoms. The third-order valence-electron chi connectivity index (χ3n) is 5.16. The number of benzene rings is 2. The van der Waals surface area contributed by atoms with Crippen molar-refractivity contribution >= 4 is 0 Å². The molecule has 22 heavy (non-hydrogen) atoms. The zero-order valence-corrected chi connectivity index (χ0v) is 12.4. The molecule has 0 saturated carbocycles. The van der Waals surface area contributed by atoms with Gasteiger partial charge in [-0.05, 0) is 60.3 Å². The number of hydrogen-bond acceptors (Lipinski definition) is 4. The summed E-state index contributed by atoms with van der Waals surface area (Å²) in [6, 6.07) is 8.32. The topological polar surface area (TPSA) is 41.9 Å². The lowest BCUT2D eigenvalue weighted by atomic mass is 9.76. The molecule has 0 radical (unpaired) electrons. The predicted octanol–water partition coefficient (Wildman–Crippen LogP) is 2.87. The number of ether oxygens (including phenoxy) is 2. The van der Waals surface area contributed by atoms with Gasteiger partial charge in [0.25, 0.3) is 0 Å². The summed E-state index contributed by atoms with van der Waals surface area (Å²) in [4.78, 5) is 2.41. The van der Waals surface area contributed by atoms with Gasteiger partial charge in [0.15, 0.2) is 11.5 Å². The second-order valence-corrected chi connectivity index (χ2v) is 6.35. The summed E-state index contributed by atoms with van der Waals surface area (Å²) < 4.78 is 11.3. The average molecular weight is 295 g/mol. The Labute approximate surface area is 128 Å². The molecule has 5 rings (SSSR count). The number of hydrogen-bond donors (Lipinski definition) is 1. The number of likely N-dealkylation sites (N-methyl/N-ethyl adjacent to an activating group) is 1. The SMILES string of the molecule is CN1CCc2cc(O)cc3c2C1Cc1ccc2c(c1-3)OCO2. The van der Waals surface area contributed by atoms with Crippen molar-refractivity contribution in [3.8, 4) is 28.4 Å². The van der Waals surface area contributed by atoms with Gasteiger partial charge in [0.1, 0.15) is 5.75 Å². The highest BCUT2D eigenvalue weighted by molar-refractivity contribution is 5.84. The van der Waals surface area contributed by atoms with Crippen LogP contribution < -0.4 is 9.47 Å². The molecular formula is C18H17NO3. The van der Waals surface area contributed by atoms with E-state index in [-0.39, 0.29) is 6.79 Å². The zero-order valence-electron chi connectivity index (χ0n) is 12.4. The van der Waals surface area contributed by atoms with Crippen LogP contribution in [-0.4, -0.2) is 30.4 Å². The molecule has 4 nitrogen and oxygen atoms in total. The number of aromatic hydroxyl groups is 1. The maximum absolute atomic E-state index is 10.2. The second kappa shape index (κ2) is 4.17. The van der Waals surface area contributed by atoms with Crippen molar-refractivity contribution in [2.24, 2.45) is 0 Å². The molecule has 0 amide bonds. The molecule has 2 heterocycles. The monoisotopic (exact) mass is 295 g/mol. The molecule has 2 aromatic carbocycles. The Morgan fingerprint density at radius 2 is 2.09 bits per heavy atom. The Kier molecular flexibility index (Phi) is 2.34. The van der Waals surface area contributed by atoms with Crippen molar-refractivity contribution in [1.29, 1.82) is 0 Å². The van der Waals surface area contributed by atoms with Gasteiger partial charge in [0.2, 0.25) is 6.79 Å². The van der Waals surface area contributed by atoms with Crippen LogP contribution in [0.1, 0.15) is 22.7 Å². The Bertz CT molecular complexity index is 799. The van der Waals surface area contributed by atoms with E-state index in [1.807, 2.05) is 18.2 Å². The van der Waals surface area contributed by atoms with Gasteiger partial charge >= 0.3 is 0 Å². The van der Waals surface area contributed by atoms with E-state index in [1.165, 1.54) is 16.7 Å². The standard InChI is InChI=1S/C18H17NO3/c1-19-5-4-11-6-12(20)8-13-16(11)14(19)7-10-2-3-15-18(17(10)13)22-9-21-15/h2-3,6,8,14,20H,4-5,7,9H2,1H3. The minimum absolute atomic E-state index is 0.274. The first-order valence-corrected chi connectivity index (χ1v) is 7.70. The summed E-state index contributed by atoms with van der Waals surface area (Å²) in [6.07, 6.45) is 1.96. The lowest BCUT2D eigenvalue weighted by molar-refractivity contribution is 0.174. The minimum atomic E-state index is 0.274. The predicted molar refractivity (Wildman–Crippen MR) is 82.4 cm³/mol. The van der Waals surface area contributed by atoms with E-state index in [0.29, 0.717) is 11.8 Å². The van der Waals surface area contributed by atoms with Crippen LogP contribution in [-0.2, 0) is 12.8 Å². The average Bonchev–Trinajstić information content (AvgIpc) is 2.98. The number of fused-ring (bicyclic) bond motifs is 4. The molecule has 112 valence electrons. The van der Waals surface area contributed by atoms with Crippen molar-refractivity contribution in [2.45, 2.75) is 18.9 Å². The van der Waals surface area contributed by atoms with Gasteiger partial charge in [0, 0.05) is 18.2 Å². The number of phenolic OH excluding ortho intramolecular Hbond substituents is 1. The van der Waals surface area contributed by atoms with Crippen LogP contribution in [0.15, 0.2) is 24.3 Å². The first kappa shape index (κ1) is 12.4. The van der Waals surface area contributed by atoms with Gasteiger partial charge in [-0.1, -0.05) is 6.07 Å². The molecule has 0 saturated heterocycles. The molecule has 0 aromatic heterocycles. The summed E-state index contributed by atoms with van der Waals surface area (Å²) in [5.74, 6) is 1.97. The van der Waals surface area contributed by atoms with Crippen LogP contribution >= 0.6 is 0 Å². The molecule has 2 aliphatic heterocycles. The van der Waals surface area contributed by atoms with Crippen LogP contribution in [0.2, 0.25) is 0 Å². The minimum Gasteiger partial charge on any atom is -0.508 e. The highest BCUT2D eigenvalue weighted by Gasteiger charge is 2.36. The first-order chi connectivity index (χ1) is 10.7. The lowest BCUT2D eigenvalue weighted by Crippen LogP contribution is -2.35. The van der Waals surface area contributed by atoms with Gasteiger partial charge in [-0.25, -0.2) is 0 Å².